The minimum Gasteiger partial charge on any atom is -0.490 e. The van der Waals surface area contributed by atoms with E-state index in [1.807, 2.05) is 31.2 Å². The molecule has 0 amide bonds. The molecule has 0 aliphatic heterocycles. The summed E-state index contributed by atoms with van der Waals surface area (Å²) in [5.41, 5.74) is -0.864. The number of fused-ring (bicyclic) bond motifs is 1. The summed E-state index contributed by atoms with van der Waals surface area (Å²) in [7, 11) is 0. The van der Waals surface area contributed by atoms with Crippen LogP contribution in [0, 0.1) is 0 Å². The second-order valence-electron chi connectivity index (χ2n) is 5.14. The first kappa shape index (κ1) is 14.3. The smallest absolute Gasteiger partial charge is 0.339 e. The molecule has 2 rings (SSSR count). The zero-order valence-corrected chi connectivity index (χ0v) is 11.6. The Bertz CT molecular complexity index is 631. The fourth-order valence-corrected chi connectivity index (χ4v) is 1.84. The van der Waals surface area contributed by atoms with Crippen LogP contribution in [0.4, 0.5) is 0 Å². The highest BCUT2D eigenvalue weighted by molar-refractivity contribution is 5.97. The van der Waals surface area contributed by atoms with Crippen molar-refractivity contribution in [1.29, 1.82) is 0 Å². The minimum atomic E-state index is -1.04. The third-order valence-electron chi connectivity index (χ3n) is 3.38. The molecule has 4 nitrogen and oxygen atoms in total. The number of carboxylic acid groups (broad SMARTS) is 1. The van der Waals surface area contributed by atoms with Crippen molar-refractivity contribution in [2.24, 2.45) is 0 Å². The van der Waals surface area contributed by atoms with Crippen LogP contribution in [-0.2, 0) is 0 Å². The second kappa shape index (κ2) is 5.51. The molecular weight excluding hydrogens is 256 g/mol. The van der Waals surface area contributed by atoms with Gasteiger partial charge in [0.2, 0.25) is 0 Å². The van der Waals surface area contributed by atoms with Crippen LogP contribution in [0.15, 0.2) is 36.4 Å². The number of hydrogen-bond donors (Lipinski definition) is 2. The number of aromatic carboxylic acids is 1. The highest BCUT2D eigenvalue weighted by Gasteiger charge is 2.20. The van der Waals surface area contributed by atoms with Crippen LogP contribution >= 0.6 is 0 Å². The van der Waals surface area contributed by atoms with E-state index in [0.29, 0.717) is 6.42 Å². The standard InChI is InChI=1S/C16H18O4/c1-3-16(2,19)10-20-14-9-12-7-5-4-6-11(12)8-13(14)15(17)18/h4-9,19H,3,10H2,1-2H3,(H,17,18). The van der Waals surface area contributed by atoms with Gasteiger partial charge in [0.15, 0.2) is 0 Å². The molecule has 0 spiro atoms. The molecular formula is C16H18O4. The van der Waals surface area contributed by atoms with Crippen LogP contribution in [0.25, 0.3) is 10.8 Å². The van der Waals surface area contributed by atoms with Crippen molar-refractivity contribution in [3.8, 4) is 5.75 Å². The zero-order chi connectivity index (χ0) is 14.8. The highest BCUT2D eigenvalue weighted by Crippen LogP contribution is 2.27. The molecule has 2 aromatic rings. The maximum Gasteiger partial charge on any atom is 0.339 e. The fraction of sp³-hybridized carbons (Fsp3) is 0.312. The van der Waals surface area contributed by atoms with Crippen LogP contribution in [0.5, 0.6) is 5.75 Å². The van der Waals surface area contributed by atoms with Gasteiger partial charge in [-0.25, -0.2) is 4.79 Å². The van der Waals surface area contributed by atoms with E-state index in [1.54, 1.807) is 19.1 Å². The van der Waals surface area contributed by atoms with Crippen molar-refractivity contribution in [3.63, 3.8) is 0 Å². The molecule has 0 aliphatic carbocycles. The normalized spacial score (nSPS) is 13.9. The monoisotopic (exact) mass is 274 g/mol. The first-order valence-corrected chi connectivity index (χ1v) is 6.54. The van der Waals surface area contributed by atoms with E-state index >= 15 is 0 Å². The van der Waals surface area contributed by atoms with Crippen molar-refractivity contribution in [1.82, 2.24) is 0 Å². The number of rotatable bonds is 5. The molecule has 0 fully saturated rings. The Morgan fingerprint density at radius 1 is 1.25 bits per heavy atom. The Kier molecular flexibility index (Phi) is 3.95. The number of carboxylic acids is 1. The van der Waals surface area contributed by atoms with Gasteiger partial charge in [-0.3, -0.25) is 0 Å². The van der Waals surface area contributed by atoms with Crippen molar-refractivity contribution in [3.05, 3.63) is 42.0 Å². The van der Waals surface area contributed by atoms with Crippen LogP contribution in [0.1, 0.15) is 30.6 Å². The zero-order valence-electron chi connectivity index (χ0n) is 11.6. The molecule has 2 N–H and O–H groups in total. The predicted octanol–water partition coefficient (Wildman–Crippen LogP) is 3.08. The van der Waals surface area contributed by atoms with Gasteiger partial charge in [0, 0.05) is 0 Å². The maximum absolute atomic E-state index is 11.3. The SMILES string of the molecule is CCC(C)(O)COc1cc2ccccc2cc1C(=O)O. The Balaban J connectivity index is 2.39. The van der Waals surface area contributed by atoms with E-state index in [2.05, 4.69) is 0 Å². The maximum atomic E-state index is 11.3. The number of aliphatic hydroxyl groups is 1. The van der Waals surface area contributed by atoms with Gasteiger partial charge < -0.3 is 14.9 Å². The first-order chi connectivity index (χ1) is 9.43. The van der Waals surface area contributed by atoms with Crippen molar-refractivity contribution in [2.45, 2.75) is 25.9 Å². The van der Waals surface area contributed by atoms with E-state index in [9.17, 15) is 15.0 Å². The molecule has 0 bridgehead atoms. The molecule has 1 atom stereocenters. The number of hydrogen-bond acceptors (Lipinski definition) is 3. The Morgan fingerprint density at radius 3 is 2.40 bits per heavy atom. The van der Waals surface area contributed by atoms with Crippen LogP contribution < -0.4 is 4.74 Å². The van der Waals surface area contributed by atoms with Crippen LogP contribution in [0.3, 0.4) is 0 Å². The van der Waals surface area contributed by atoms with E-state index in [-0.39, 0.29) is 17.9 Å². The van der Waals surface area contributed by atoms with Gasteiger partial charge in [0.1, 0.15) is 17.9 Å². The molecule has 2 aromatic carbocycles. The van der Waals surface area contributed by atoms with Gasteiger partial charge in [0.25, 0.3) is 0 Å². The van der Waals surface area contributed by atoms with Gasteiger partial charge in [-0.05, 0) is 36.2 Å². The molecule has 1 unspecified atom stereocenters. The second-order valence-corrected chi connectivity index (χ2v) is 5.14. The van der Waals surface area contributed by atoms with Gasteiger partial charge in [-0.1, -0.05) is 31.2 Å². The lowest BCUT2D eigenvalue weighted by molar-refractivity contribution is 0.00793. The lowest BCUT2D eigenvalue weighted by Gasteiger charge is -2.22. The lowest BCUT2D eigenvalue weighted by Crippen LogP contribution is -2.31. The fourth-order valence-electron chi connectivity index (χ4n) is 1.84. The first-order valence-electron chi connectivity index (χ1n) is 6.54. The highest BCUT2D eigenvalue weighted by atomic mass is 16.5. The summed E-state index contributed by atoms with van der Waals surface area (Å²) in [4.78, 5) is 11.3. The summed E-state index contributed by atoms with van der Waals surface area (Å²) < 4.78 is 5.53. The van der Waals surface area contributed by atoms with Gasteiger partial charge in [0.05, 0.1) is 5.60 Å². The van der Waals surface area contributed by atoms with E-state index < -0.39 is 11.6 Å². The largest absolute Gasteiger partial charge is 0.490 e. The Labute approximate surface area is 117 Å². The molecule has 4 heteroatoms. The average molecular weight is 274 g/mol. The lowest BCUT2D eigenvalue weighted by atomic mass is 10.0. The Morgan fingerprint density at radius 2 is 1.85 bits per heavy atom. The molecule has 106 valence electrons. The summed E-state index contributed by atoms with van der Waals surface area (Å²) in [5, 5.41) is 21.0. The molecule has 0 saturated heterocycles. The summed E-state index contributed by atoms with van der Waals surface area (Å²) in [6.07, 6.45) is 0.531. The van der Waals surface area contributed by atoms with Crippen LogP contribution in [-0.4, -0.2) is 28.4 Å². The average Bonchev–Trinajstić information content (AvgIpc) is 2.44. The van der Waals surface area contributed by atoms with Gasteiger partial charge >= 0.3 is 5.97 Å². The summed E-state index contributed by atoms with van der Waals surface area (Å²) >= 11 is 0. The molecule has 0 heterocycles. The third-order valence-corrected chi connectivity index (χ3v) is 3.38. The Hall–Kier alpha value is -2.07. The van der Waals surface area contributed by atoms with Crippen molar-refractivity contribution >= 4 is 16.7 Å². The summed E-state index contributed by atoms with van der Waals surface area (Å²) in [5.74, 6) is -0.758. The summed E-state index contributed by atoms with van der Waals surface area (Å²) in [6, 6.07) is 10.8. The van der Waals surface area contributed by atoms with Gasteiger partial charge in [-0.2, -0.15) is 0 Å². The molecule has 0 saturated carbocycles. The van der Waals surface area contributed by atoms with Crippen molar-refractivity contribution < 1.29 is 19.7 Å². The molecule has 0 aromatic heterocycles. The third kappa shape index (κ3) is 3.08. The van der Waals surface area contributed by atoms with Gasteiger partial charge in [-0.15, -0.1) is 0 Å². The number of ether oxygens (including phenoxy) is 1. The minimum absolute atomic E-state index is 0.0577. The molecule has 0 aliphatic rings. The predicted molar refractivity (Wildman–Crippen MR) is 77.3 cm³/mol. The van der Waals surface area contributed by atoms with Crippen molar-refractivity contribution in [2.75, 3.05) is 6.61 Å². The summed E-state index contributed by atoms with van der Waals surface area (Å²) in [6.45, 7) is 3.57. The molecule has 0 radical (unpaired) electrons. The van der Waals surface area contributed by atoms with E-state index in [1.165, 1.54) is 0 Å². The van der Waals surface area contributed by atoms with E-state index in [0.717, 1.165) is 10.8 Å². The molecule has 20 heavy (non-hydrogen) atoms. The number of benzene rings is 2. The quantitative estimate of drug-likeness (QED) is 0.879. The topological polar surface area (TPSA) is 66.8 Å². The van der Waals surface area contributed by atoms with Crippen LogP contribution in [0.2, 0.25) is 0 Å². The number of carbonyl (C=O) groups is 1. The van der Waals surface area contributed by atoms with E-state index in [4.69, 9.17) is 4.74 Å².